The van der Waals surface area contributed by atoms with Gasteiger partial charge in [-0.05, 0) is 49.7 Å². The number of carbonyl (C=O) groups excluding carboxylic acids is 1. The number of aliphatic carboxylic acids is 1. The molecule has 130 valence electrons. The average molecular weight is 332 g/mol. The first kappa shape index (κ1) is 15.9. The van der Waals surface area contributed by atoms with Gasteiger partial charge in [0, 0.05) is 16.6 Å². The van der Waals surface area contributed by atoms with Gasteiger partial charge in [-0.3, -0.25) is 0 Å². The molecule has 2 spiro atoms. The van der Waals surface area contributed by atoms with Crippen LogP contribution in [-0.2, 0) is 19.1 Å². The van der Waals surface area contributed by atoms with Gasteiger partial charge < -0.3 is 14.6 Å². The Morgan fingerprint density at radius 2 is 2.04 bits per heavy atom. The molecule has 2 fully saturated rings. The molecule has 1 saturated carbocycles. The fourth-order valence-electron chi connectivity index (χ4n) is 5.55. The Morgan fingerprint density at radius 3 is 2.67 bits per heavy atom. The van der Waals surface area contributed by atoms with E-state index < -0.39 is 17.0 Å². The third kappa shape index (κ3) is 1.91. The normalized spacial score (nSPS) is 42.9. The molecule has 5 rings (SSSR count). The van der Waals surface area contributed by atoms with E-state index in [0.717, 1.165) is 25.7 Å². The Hall–Kier alpha value is -1.62. The first-order valence-corrected chi connectivity index (χ1v) is 8.71. The molecule has 5 heteroatoms. The summed E-state index contributed by atoms with van der Waals surface area (Å²) in [6.07, 6.45) is 6.74. The molecule has 0 amide bonds. The number of fused-ring (bicyclic) bond motifs is 1. The van der Waals surface area contributed by atoms with E-state index in [2.05, 4.69) is 13.8 Å². The number of hydrogen-bond acceptors (Lipinski definition) is 4. The Bertz CT molecular complexity index is 688. The molecule has 4 atom stereocenters. The first-order chi connectivity index (χ1) is 11.2. The van der Waals surface area contributed by atoms with Crippen molar-refractivity contribution >= 4 is 11.9 Å². The van der Waals surface area contributed by atoms with Crippen molar-refractivity contribution in [3.05, 3.63) is 23.3 Å². The molecule has 0 aromatic heterocycles. The maximum atomic E-state index is 12.2. The number of esters is 1. The van der Waals surface area contributed by atoms with Crippen LogP contribution in [0.25, 0.3) is 0 Å². The lowest BCUT2D eigenvalue weighted by Gasteiger charge is -2.55. The quantitative estimate of drug-likeness (QED) is 0.748. The van der Waals surface area contributed by atoms with Crippen LogP contribution in [-0.4, -0.2) is 35.4 Å². The molecule has 24 heavy (non-hydrogen) atoms. The van der Waals surface area contributed by atoms with Crippen molar-refractivity contribution in [1.29, 1.82) is 0 Å². The van der Waals surface area contributed by atoms with Gasteiger partial charge in [0.1, 0.15) is 6.10 Å². The molecular weight excluding hydrogens is 308 g/mol. The van der Waals surface area contributed by atoms with E-state index in [9.17, 15) is 14.7 Å². The molecule has 3 aliphatic heterocycles. The summed E-state index contributed by atoms with van der Waals surface area (Å²) >= 11 is 0. The smallest absolute Gasteiger partial charge is 0.334 e. The zero-order chi connectivity index (χ0) is 17.3. The van der Waals surface area contributed by atoms with Gasteiger partial charge >= 0.3 is 11.9 Å². The third-order valence-electron chi connectivity index (χ3n) is 6.72. The highest BCUT2D eigenvalue weighted by Gasteiger charge is 2.63. The van der Waals surface area contributed by atoms with Crippen molar-refractivity contribution in [2.24, 2.45) is 16.7 Å². The number of carboxylic acid groups (broad SMARTS) is 1. The van der Waals surface area contributed by atoms with Gasteiger partial charge in [0.2, 0.25) is 0 Å². The largest absolute Gasteiger partial charge is 0.478 e. The molecule has 0 aromatic carbocycles. The topological polar surface area (TPSA) is 72.8 Å². The second-order valence-corrected chi connectivity index (χ2v) is 8.52. The predicted molar refractivity (Wildman–Crippen MR) is 86.2 cm³/mol. The highest BCUT2D eigenvalue weighted by atomic mass is 16.6. The molecule has 1 N–H and O–H groups in total. The minimum absolute atomic E-state index is 0.0434. The molecule has 1 saturated heterocycles. The number of rotatable bonds is 1. The SMILES string of the molecule is CC1=C[C@@]2(C=C(C(=O)O)[C@@]34CCCC(C)(C)C3C[C@H]2OC4)OC1=O. The Kier molecular flexibility index (Phi) is 3.12. The fourth-order valence-corrected chi connectivity index (χ4v) is 5.55. The van der Waals surface area contributed by atoms with E-state index in [1.807, 2.05) is 0 Å². The molecule has 3 heterocycles. The second kappa shape index (κ2) is 4.72. The zero-order valence-corrected chi connectivity index (χ0v) is 14.4. The summed E-state index contributed by atoms with van der Waals surface area (Å²) in [5.41, 5.74) is -0.610. The highest BCUT2D eigenvalue weighted by molar-refractivity contribution is 5.93. The van der Waals surface area contributed by atoms with E-state index in [-0.39, 0.29) is 23.4 Å². The second-order valence-electron chi connectivity index (χ2n) is 8.52. The van der Waals surface area contributed by atoms with Crippen LogP contribution in [0, 0.1) is 16.7 Å². The van der Waals surface area contributed by atoms with Crippen molar-refractivity contribution in [3.63, 3.8) is 0 Å². The van der Waals surface area contributed by atoms with Gasteiger partial charge in [-0.25, -0.2) is 9.59 Å². The molecule has 5 aliphatic rings. The summed E-state index contributed by atoms with van der Waals surface area (Å²) in [5, 5.41) is 9.98. The van der Waals surface area contributed by atoms with E-state index in [1.165, 1.54) is 0 Å². The van der Waals surface area contributed by atoms with Crippen LogP contribution in [0.2, 0.25) is 0 Å². The van der Waals surface area contributed by atoms with Crippen molar-refractivity contribution in [2.45, 2.75) is 58.2 Å². The minimum atomic E-state index is -1.06. The molecular formula is C19H24O5. The van der Waals surface area contributed by atoms with Crippen LogP contribution in [0.3, 0.4) is 0 Å². The molecule has 2 bridgehead atoms. The van der Waals surface area contributed by atoms with E-state index in [1.54, 1.807) is 19.1 Å². The summed E-state index contributed by atoms with van der Waals surface area (Å²) in [4.78, 5) is 24.2. The number of ether oxygens (including phenoxy) is 2. The lowest BCUT2D eigenvalue weighted by molar-refractivity contribution is -0.180. The molecule has 1 unspecified atom stereocenters. The Balaban J connectivity index is 1.92. The first-order valence-electron chi connectivity index (χ1n) is 8.71. The van der Waals surface area contributed by atoms with Crippen LogP contribution in [0.5, 0.6) is 0 Å². The summed E-state index contributed by atoms with van der Waals surface area (Å²) in [6, 6.07) is 0. The lowest BCUT2D eigenvalue weighted by Crippen LogP contribution is -2.55. The van der Waals surface area contributed by atoms with Crippen LogP contribution < -0.4 is 0 Å². The maximum absolute atomic E-state index is 12.2. The van der Waals surface area contributed by atoms with Crippen molar-refractivity contribution in [2.75, 3.05) is 6.61 Å². The van der Waals surface area contributed by atoms with E-state index >= 15 is 0 Å². The predicted octanol–water partition coefficient (Wildman–Crippen LogP) is 2.85. The maximum Gasteiger partial charge on any atom is 0.334 e. The van der Waals surface area contributed by atoms with Crippen LogP contribution in [0.4, 0.5) is 0 Å². The van der Waals surface area contributed by atoms with Crippen LogP contribution in [0.1, 0.15) is 46.5 Å². The van der Waals surface area contributed by atoms with Crippen molar-refractivity contribution in [1.82, 2.24) is 0 Å². The third-order valence-corrected chi connectivity index (χ3v) is 6.72. The Labute approximate surface area is 141 Å². The van der Waals surface area contributed by atoms with Crippen LogP contribution in [0.15, 0.2) is 23.3 Å². The average Bonchev–Trinajstić information content (AvgIpc) is 2.65. The minimum Gasteiger partial charge on any atom is -0.478 e. The molecule has 2 aliphatic carbocycles. The lowest BCUT2D eigenvalue weighted by atomic mass is 9.52. The number of carboxylic acids is 1. The van der Waals surface area contributed by atoms with Gasteiger partial charge in [0.15, 0.2) is 5.60 Å². The van der Waals surface area contributed by atoms with E-state index in [4.69, 9.17) is 9.47 Å². The van der Waals surface area contributed by atoms with Gasteiger partial charge in [-0.1, -0.05) is 20.3 Å². The van der Waals surface area contributed by atoms with Crippen LogP contribution >= 0.6 is 0 Å². The van der Waals surface area contributed by atoms with E-state index in [0.29, 0.717) is 17.8 Å². The fraction of sp³-hybridized carbons (Fsp3) is 0.684. The molecule has 0 aromatic rings. The molecule has 0 radical (unpaired) electrons. The van der Waals surface area contributed by atoms with Crippen molar-refractivity contribution in [3.8, 4) is 0 Å². The van der Waals surface area contributed by atoms with Crippen molar-refractivity contribution < 1.29 is 24.2 Å². The zero-order valence-electron chi connectivity index (χ0n) is 14.4. The summed E-state index contributed by atoms with van der Waals surface area (Å²) in [5.74, 6) is -1.09. The highest BCUT2D eigenvalue weighted by Crippen LogP contribution is 2.62. The summed E-state index contributed by atoms with van der Waals surface area (Å²) < 4.78 is 11.8. The van der Waals surface area contributed by atoms with Gasteiger partial charge in [-0.15, -0.1) is 0 Å². The number of carbonyl (C=O) groups is 2. The van der Waals surface area contributed by atoms with Gasteiger partial charge in [0.25, 0.3) is 0 Å². The summed E-state index contributed by atoms with van der Waals surface area (Å²) in [7, 11) is 0. The van der Waals surface area contributed by atoms with Gasteiger partial charge in [-0.2, -0.15) is 0 Å². The standard InChI is InChI=1S/C19H24O5/c1-11-8-19(24-16(11)22)9-12(15(20)21)18-6-4-5-17(2,3)13(18)7-14(19)23-10-18/h8-9,13-14H,4-7,10H2,1-3H3,(H,20,21)/t13?,14-,18+,19+/m1/s1. The monoisotopic (exact) mass is 332 g/mol. The summed E-state index contributed by atoms with van der Waals surface area (Å²) in [6.45, 7) is 6.56. The molecule has 5 nitrogen and oxygen atoms in total. The van der Waals surface area contributed by atoms with Gasteiger partial charge in [0.05, 0.1) is 6.61 Å². The Morgan fingerprint density at radius 1 is 1.29 bits per heavy atom. The number of hydrogen-bond donors (Lipinski definition) is 1.